The number of hydrogen-bond donors (Lipinski definition) is 2. The molecule has 3 heterocycles. The van der Waals surface area contributed by atoms with E-state index < -0.39 is 19.9 Å². The van der Waals surface area contributed by atoms with E-state index in [0.29, 0.717) is 10.7 Å². The smallest absolute Gasteiger partial charge is 0.240 e. The van der Waals surface area contributed by atoms with E-state index in [1.807, 2.05) is 13.0 Å². The molecule has 2 aromatic heterocycles. The molecule has 0 aliphatic carbocycles. The van der Waals surface area contributed by atoms with E-state index in [4.69, 9.17) is 11.6 Å². The normalized spacial score (nSPS) is 17.6. The van der Waals surface area contributed by atoms with Gasteiger partial charge in [-0.3, -0.25) is 0 Å². The van der Waals surface area contributed by atoms with E-state index in [2.05, 4.69) is 14.7 Å². The van der Waals surface area contributed by atoms with Gasteiger partial charge in [0.1, 0.15) is 15.5 Å². The second-order valence-electron chi connectivity index (χ2n) is 7.27. The van der Waals surface area contributed by atoms with Crippen LogP contribution in [0, 0.1) is 6.92 Å². The molecule has 3 aromatic rings. The highest BCUT2D eigenvalue weighted by atomic mass is 35.5. The highest BCUT2D eigenvalue weighted by molar-refractivity contribution is 7.91. The number of pyridine rings is 1. The van der Waals surface area contributed by atoms with Crippen LogP contribution in [0.4, 0.5) is 0 Å². The zero-order valence-electron chi connectivity index (χ0n) is 15.6. The number of sulfonamides is 1. The molecular weight excluding hydrogens is 434 g/mol. The highest BCUT2D eigenvalue weighted by Crippen LogP contribution is 2.35. The lowest BCUT2D eigenvalue weighted by atomic mass is 10.0. The summed E-state index contributed by atoms with van der Waals surface area (Å²) >= 11 is 6.37. The maximum atomic E-state index is 12.7. The fourth-order valence-electron chi connectivity index (χ4n) is 3.57. The van der Waals surface area contributed by atoms with E-state index in [1.54, 1.807) is 18.3 Å². The van der Waals surface area contributed by atoms with E-state index >= 15 is 0 Å². The Labute approximate surface area is 174 Å². The first kappa shape index (κ1) is 20.3. The Morgan fingerprint density at radius 3 is 2.48 bits per heavy atom. The fourth-order valence-corrected chi connectivity index (χ4v) is 6.63. The van der Waals surface area contributed by atoms with Gasteiger partial charge in [0.15, 0.2) is 0 Å². The third-order valence-corrected chi connectivity index (χ3v) is 8.61. The molecule has 29 heavy (non-hydrogen) atoms. The van der Waals surface area contributed by atoms with Gasteiger partial charge in [0.25, 0.3) is 0 Å². The van der Waals surface area contributed by atoms with Gasteiger partial charge in [-0.1, -0.05) is 23.7 Å². The lowest BCUT2D eigenvalue weighted by Crippen LogP contribution is -2.40. The summed E-state index contributed by atoms with van der Waals surface area (Å²) in [5.41, 5.74) is 3.24. The first-order valence-corrected chi connectivity index (χ1v) is 12.8. The number of H-pyrrole nitrogens is 1. The molecule has 7 nitrogen and oxygen atoms in total. The van der Waals surface area contributed by atoms with Crippen LogP contribution in [0.3, 0.4) is 0 Å². The van der Waals surface area contributed by atoms with Crippen molar-refractivity contribution in [2.24, 2.45) is 0 Å². The predicted molar refractivity (Wildman–Crippen MR) is 113 cm³/mol. The minimum absolute atomic E-state index is 0.00570. The minimum atomic E-state index is -3.74. The first-order chi connectivity index (χ1) is 13.6. The van der Waals surface area contributed by atoms with Crippen molar-refractivity contribution in [2.75, 3.05) is 11.5 Å². The fraction of sp³-hybridized carbons (Fsp3) is 0.316. The van der Waals surface area contributed by atoms with Crippen LogP contribution in [0.2, 0.25) is 5.02 Å². The van der Waals surface area contributed by atoms with Gasteiger partial charge in [-0.25, -0.2) is 26.5 Å². The molecule has 4 rings (SSSR count). The number of aryl methyl sites for hydroxylation is 1. The maximum absolute atomic E-state index is 12.7. The number of sulfone groups is 1. The molecule has 0 amide bonds. The molecule has 1 fully saturated rings. The Kier molecular flexibility index (Phi) is 5.18. The number of nitrogens with one attached hydrogen (secondary N) is 2. The molecule has 1 aromatic carbocycles. The lowest BCUT2D eigenvalue weighted by molar-refractivity contribution is 0.505. The van der Waals surface area contributed by atoms with Gasteiger partial charge in [0.05, 0.1) is 21.4 Å². The minimum Gasteiger partial charge on any atom is -0.344 e. The predicted octanol–water partition coefficient (Wildman–Crippen LogP) is 3.05. The Bertz CT molecular complexity index is 1270. The van der Waals surface area contributed by atoms with E-state index in [-0.39, 0.29) is 35.3 Å². The molecule has 0 bridgehead atoms. The molecule has 0 atom stereocenters. The Hall–Kier alpha value is -1.94. The van der Waals surface area contributed by atoms with Gasteiger partial charge in [0, 0.05) is 28.9 Å². The van der Waals surface area contributed by atoms with Crippen LogP contribution in [-0.4, -0.2) is 44.4 Å². The number of halogens is 1. The van der Waals surface area contributed by atoms with Crippen LogP contribution in [0.5, 0.6) is 0 Å². The quantitative estimate of drug-likeness (QED) is 0.631. The molecular formula is C19H20ClN3O4S2. The van der Waals surface area contributed by atoms with Crippen LogP contribution in [0.25, 0.3) is 22.2 Å². The Morgan fingerprint density at radius 1 is 1.17 bits per heavy atom. The van der Waals surface area contributed by atoms with Gasteiger partial charge in [-0.05, 0) is 43.5 Å². The van der Waals surface area contributed by atoms with Crippen molar-refractivity contribution in [3.63, 3.8) is 0 Å². The first-order valence-electron chi connectivity index (χ1n) is 9.12. The van der Waals surface area contributed by atoms with Gasteiger partial charge >= 0.3 is 0 Å². The number of nitrogens with zero attached hydrogens (tertiary/aromatic N) is 1. The van der Waals surface area contributed by atoms with Crippen molar-refractivity contribution in [3.05, 3.63) is 47.2 Å². The van der Waals surface area contributed by atoms with E-state index in [0.717, 1.165) is 22.2 Å². The van der Waals surface area contributed by atoms with Gasteiger partial charge < -0.3 is 4.98 Å². The summed E-state index contributed by atoms with van der Waals surface area (Å²) in [7, 11) is -6.79. The number of rotatable bonds is 4. The van der Waals surface area contributed by atoms with Crippen LogP contribution in [-0.2, 0) is 19.9 Å². The second-order valence-corrected chi connectivity index (χ2v) is 11.7. The third kappa shape index (κ3) is 4.18. The summed E-state index contributed by atoms with van der Waals surface area (Å²) in [4.78, 5) is 7.57. The van der Waals surface area contributed by atoms with Crippen molar-refractivity contribution in [1.82, 2.24) is 14.7 Å². The van der Waals surface area contributed by atoms with Gasteiger partial charge in [-0.2, -0.15) is 0 Å². The topological polar surface area (TPSA) is 109 Å². The van der Waals surface area contributed by atoms with Crippen LogP contribution in [0.1, 0.15) is 18.5 Å². The van der Waals surface area contributed by atoms with Crippen molar-refractivity contribution in [2.45, 2.75) is 30.7 Å². The third-order valence-electron chi connectivity index (χ3n) is 5.08. The zero-order chi connectivity index (χ0) is 20.8. The molecule has 10 heteroatoms. The number of aromatic nitrogens is 2. The number of benzene rings is 1. The molecule has 0 spiro atoms. The van der Waals surface area contributed by atoms with E-state index in [1.165, 1.54) is 12.1 Å². The number of fused-ring (bicyclic) bond motifs is 1. The van der Waals surface area contributed by atoms with Gasteiger partial charge in [-0.15, -0.1) is 0 Å². The zero-order valence-corrected chi connectivity index (χ0v) is 18.0. The molecule has 154 valence electrons. The van der Waals surface area contributed by atoms with Gasteiger partial charge in [0.2, 0.25) is 10.0 Å². The monoisotopic (exact) mass is 453 g/mol. The summed E-state index contributed by atoms with van der Waals surface area (Å²) in [5.74, 6) is 0.0114. The lowest BCUT2D eigenvalue weighted by Gasteiger charge is -2.22. The van der Waals surface area contributed by atoms with Crippen LogP contribution < -0.4 is 4.72 Å². The molecule has 0 radical (unpaired) electrons. The van der Waals surface area contributed by atoms with Crippen molar-refractivity contribution in [3.8, 4) is 11.1 Å². The molecule has 1 aliphatic rings. The van der Waals surface area contributed by atoms with Crippen molar-refractivity contribution in [1.29, 1.82) is 0 Å². The summed E-state index contributed by atoms with van der Waals surface area (Å²) < 4.78 is 51.1. The van der Waals surface area contributed by atoms with Crippen molar-refractivity contribution < 1.29 is 16.8 Å². The molecule has 1 saturated heterocycles. The molecule has 2 N–H and O–H groups in total. The summed E-state index contributed by atoms with van der Waals surface area (Å²) in [6.07, 6.45) is 2.15. The summed E-state index contributed by atoms with van der Waals surface area (Å²) in [6.45, 7) is 1.93. The SMILES string of the molecule is Cc1cc2c(-c3ccc(S(=O)(=O)NC4CCS(=O)(=O)CC4)cc3)c(Cl)cnc2[nH]1. The standard InChI is InChI=1S/C19H20ClN3O4S2/c1-12-10-16-18(17(20)11-21-19(16)22-12)13-2-4-15(5-3-13)29(26,27)23-14-6-8-28(24,25)9-7-14/h2-5,10-11,14,23H,6-9H2,1H3,(H,21,22). The largest absolute Gasteiger partial charge is 0.344 e. The Balaban J connectivity index is 1.61. The molecule has 1 aliphatic heterocycles. The van der Waals surface area contributed by atoms with Crippen molar-refractivity contribution >= 4 is 42.5 Å². The average Bonchev–Trinajstić information content (AvgIpc) is 3.04. The molecule has 0 unspecified atom stereocenters. The average molecular weight is 454 g/mol. The molecule has 0 saturated carbocycles. The van der Waals surface area contributed by atoms with Crippen LogP contribution in [0.15, 0.2) is 41.4 Å². The Morgan fingerprint density at radius 2 is 1.83 bits per heavy atom. The number of aromatic amines is 1. The van der Waals surface area contributed by atoms with E-state index in [9.17, 15) is 16.8 Å². The summed E-state index contributed by atoms with van der Waals surface area (Å²) in [6, 6.07) is 8.05. The maximum Gasteiger partial charge on any atom is 0.240 e. The van der Waals surface area contributed by atoms with Crippen LogP contribution >= 0.6 is 11.6 Å². The highest BCUT2D eigenvalue weighted by Gasteiger charge is 2.27. The second kappa shape index (κ2) is 7.39. The number of hydrogen-bond acceptors (Lipinski definition) is 5. The summed E-state index contributed by atoms with van der Waals surface area (Å²) in [5, 5.41) is 1.35.